The molecule has 2 aliphatic heterocycles. The molecule has 0 aliphatic carbocycles. The van der Waals surface area contributed by atoms with Crippen LogP contribution in [0.15, 0.2) is 48.8 Å². The van der Waals surface area contributed by atoms with E-state index in [4.69, 9.17) is 14.2 Å². The molecule has 5 rings (SSSR count). The molecular formula is C31H33FN4O4. The van der Waals surface area contributed by atoms with Crippen molar-refractivity contribution in [3.05, 3.63) is 71.3 Å². The van der Waals surface area contributed by atoms with Gasteiger partial charge in [0, 0.05) is 49.3 Å². The number of anilines is 2. The maximum Gasteiger partial charge on any atom is 0.159 e. The molecule has 3 aromatic rings. The fourth-order valence-electron chi connectivity index (χ4n) is 4.92. The van der Waals surface area contributed by atoms with Crippen LogP contribution >= 0.6 is 0 Å². The molecule has 2 fully saturated rings. The molecule has 0 spiro atoms. The van der Waals surface area contributed by atoms with E-state index in [1.165, 1.54) is 12.4 Å². The number of carbonyl (C=O) groups excluding carboxylic acids is 1. The van der Waals surface area contributed by atoms with Gasteiger partial charge in [-0.2, -0.15) is 0 Å². The van der Waals surface area contributed by atoms with Crippen LogP contribution in [0.3, 0.4) is 0 Å². The largest absolute Gasteiger partial charge is 0.372 e. The van der Waals surface area contributed by atoms with E-state index in [2.05, 4.69) is 32.0 Å². The minimum absolute atomic E-state index is 0.0307. The summed E-state index contributed by atoms with van der Waals surface area (Å²) in [5, 5.41) is 4.00. The van der Waals surface area contributed by atoms with Gasteiger partial charge < -0.3 is 19.5 Å². The van der Waals surface area contributed by atoms with Crippen molar-refractivity contribution in [3.63, 3.8) is 0 Å². The number of carbonyl (C=O) groups is 1. The molecule has 40 heavy (non-hydrogen) atoms. The zero-order valence-electron chi connectivity index (χ0n) is 22.8. The summed E-state index contributed by atoms with van der Waals surface area (Å²) in [6.07, 6.45) is 5.39. The average molecular weight is 545 g/mol. The average Bonchev–Trinajstić information content (AvgIpc) is 3.36. The maximum absolute atomic E-state index is 13.8. The molecule has 0 saturated carbocycles. The van der Waals surface area contributed by atoms with Gasteiger partial charge in [-0.05, 0) is 61.4 Å². The predicted octanol–water partition coefficient (Wildman–Crippen LogP) is 3.98. The Morgan fingerprint density at radius 3 is 2.75 bits per heavy atom. The number of allylic oxidation sites excluding steroid dienone is 1. The van der Waals surface area contributed by atoms with Crippen LogP contribution in [0.2, 0.25) is 0 Å². The monoisotopic (exact) mass is 544 g/mol. The van der Waals surface area contributed by atoms with Crippen LogP contribution in [0.1, 0.15) is 23.6 Å². The number of ether oxygens (including phenoxy) is 3. The SMILES string of the molecule is CCOCC#Cc1cc2ncnc(Nc3ccc(F)c(C)c3)c2cc1CC(=O)/C=C/CN1CC2OCCOC2C1. The van der Waals surface area contributed by atoms with Crippen molar-refractivity contribution in [2.24, 2.45) is 0 Å². The van der Waals surface area contributed by atoms with Crippen molar-refractivity contribution in [2.45, 2.75) is 32.5 Å². The second kappa shape index (κ2) is 13.1. The highest BCUT2D eigenvalue weighted by Crippen LogP contribution is 2.27. The third-order valence-electron chi connectivity index (χ3n) is 6.95. The lowest BCUT2D eigenvalue weighted by Gasteiger charge is -2.24. The Labute approximate surface area is 233 Å². The van der Waals surface area contributed by atoms with Crippen molar-refractivity contribution in [2.75, 3.05) is 51.4 Å². The van der Waals surface area contributed by atoms with Crippen LogP contribution in [0.5, 0.6) is 0 Å². The molecule has 2 saturated heterocycles. The van der Waals surface area contributed by atoms with E-state index in [0.717, 1.165) is 24.0 Å². The number of likely N-dealkylation sites (tertiary alicyclic amines) is 1. The molecule has 8 nitrogen and oxygen atoms in total. The number of hydrogen-bond donors (Lipinski definition) is 1. The standard InChI is InChI=1S/C31H33FN4O4/c1-3-38-11-5-6-22-17-28-26(31(34-20-33-28)35-24-8-9-27(32)21(2)14-24)16-23(22)15-25(37)7-4-10-36-18-29-30(19-36)40-13-12-39-29/h4,7-9,14,16-17,20,29-30H,3,10-13,15,18-19H2,1-2H3,(H,33,34,35)/b7-4+. The second-order valence-electron chi connectivity index (χ2n) is 9.86. The Kier molecular flexibility index (Phi) is 9.14. The summed E-state index contributed by atoms with van der Waals surface area (Å²) < 4.78 is 30.7. The molecule has 0 bridgehead atoms. The van der Waals surface area contributed by atoms with E-state index in [0.29, 0.717) is 61.1 Å². The quantitative estimate of drug-likeness (QED) is 0.246. The highest BCUT2D eigenvalue weighted by molar-refractivity contribution is 5.96. The number of aryl methyl sites for hydroxylation is 1. The number of ketones is 1. The fraction of sp³-hybridized carbons (Fsp3) is 0.387. The lowest BCUT2D eigenvalue weighted by atomic mass is 9.99. The van der Waals surface area contributed by atoms with Crippen molar-refractivity contribution in [1.82, 2.24) is 14.9 Å². The van der Waals surface area contributed by atoms with Crippen LogP contribution in [0, 0.1) is 24.6 Å². The summed E-state index contributed by atoms with van der Waals surface area (Å²) >= 11 is 0. The third kappa shape index (κ3) is 6.90. The van der Waals surface area contributed by atoms with E-state index in [-0.39, 0.29) is 30.2 Å². The maximum atomic E-state index is 13.8. The molecule has 1 aromatic heterocycles. The zero-order valence-corrected chi connectivity index (χ0v) is 22.8. The summed E-state index contributed by atoms with van der Waals surface area (Å²) in [4.78, 5) is 24.1. The number of rotatable bonds is 9. The van der Waals surface area contributed by atoms with Crippen LogP contribution in [-0.2, 0) is 25.4 Å². The van der Waals surface area contributed by atoms with Crippen molar-refractivity contribution >= 4 is 28.2 Å². The lowest BCUT2D eigenvalue weighted by Crippen LogP contribution is -2.36. The molecule has 2 atom stereocenters. The molecule has 9 heteroatoms. The number of halogens is 1. The van der Waals surface area contributed by atoms with E-state index in [9.17, 15) is 9.18 Å². The van der Waals surface area contributed by atoms with Crippen LogP contribution in [0.4, 0.5) is 15.9 Å². The molecule has 0 radical (unpaired) electrons. The molecule has 208 valence electrons. The first-order valence-electron chi connectivity index (χ1n) is 13.5. The first-order chi connectivity index (χ1) is 19.5. The van der Waals surface area contributed by atoms with Gasteiger partial charge in [-0.1, -0.05) is 17.9 Å². The minimum atomic E-state index is -0.271. The third-order valence-corrected chi connectivity index (χ3v) is 6.95. The molecule has 0 amide bonds. The van der Waals surface area contributed by atoms with E-state index in [1.807, 2.05) is 25.1 Å². The molecule has 2 aliphatic rings. The second-order valence-corrected chi connectivity index (χ2v) is 9.86. The minimum Gasteiger partial charge on any atom is -0.372 e. The molecule has 1 N–H and O–H groups in total. The Bertz CT molecular complexity index is 1450. The summed E-state index contributed by atoms with van der Waals surface area (Å²) in [7, 11) is 0. The van der Waals surface area contributed by atoms with Gasteiger partial charge in [-0.3, -0.25) is 9.69 Å². The van der Waals surface area contributed by atoms with Gasteiger partial charge in [0.05, 0.1) is 30.9 Å². The Morgan fingerprint density at radius 2 is 2.00 bits per heavy atom. The summed E-state index contributed by atoms with van der Waals surface area (Å²) in [5.41, 5.74) is 3.41. The van der Waals surface area contributed by atoms with Gasteiger partial charge in [0.15, 0.2) is 5.78 Å². The molecule has 2 aromatic carbocycles. The normalized spacial score (nSPS) is 19.0. The highest BCUT2D eigenvalue weighted by atomic mass is 19.1. The van der Waals surface area contributed by atoms with E-state index >= 15 is 0 Å². The van der Waals surface area contributed by atoms with E-state index < -0.39 is 0 Å². The number of aromatic nitrogens is 2. The highest BCUT2D eigenvalue weighted by Gasteiger charge is 2.35. The number of benzene rings is 2. The summed E-state index contributed by atoms with van der Waals surface area (Å²) in [6.45, 7) is 8.03. The first kappa shape index (κ1) is 27.9. The van der Waals surface area contributed by atoms with Gasteiger partial charge >= 0.3 is 0 Å². The Balaban J connectivity index is 1.35. The first-order valence-corrected chi connectivity index (χ1v) is 13.5. The summed E-state index contributed by atoms with van der Waals surface area (Å²) in [5.74, 6) is 6.43. The smallest absolute Gasteiger partial charge is 0.159 e. The fourth-order valence-corrected chi connectivity index (χ4v) is 4.92. The molecular weight excluding hydrogens is 511 g/mol. The predicted molar refractivity (Wildman–Crippen MR) is 151 cm³/mol. The van der Waals surface area contributed by atoms with Gasteiger partial charge in [0.25, 0.3) is 0 Å². The molecule has 2 unspecified atom stereocenters. The number of fused-ring (bicyclic) bond motifs is 2. The van der Waals surface area contributed by atoms with Crippen molar-refractivity contribution in [3.8, 4) is 11.8 Å². The number of hydrogen-bond acceptors (Lipinski definition) is 8. The van der Waals surface area contributed by atoms with Crippen molar-refractivity contribution < 1.29 is 23.4 Å². The van der Waals surface area contributed by atoms with Gasteiger partial charge in [-0.25, -0.2) is 14.4 Å². The Hall–Kier alpha value is -3.68. The van der Waals surface area contributed by atoms with Gasteiger partial charge in [0.1, 0.15) is 24.6 Å². The van der Waals surface area contributed by atoms with E-state index in [1.54, 1.807) is 25.1 Å². The summed E-state index contributed by atoms with van der Waals surface area (Å²) in [6, 6.07) is 8.57. The van der Waals surface area contributed by atoms with Gasteiger partial charge in [-0.15, -0.1) is 0 Å². The van der Waals surface area contributed by atoms with Crippen LogP contribution < -0.4 is 5.32 Å². The zero-order chi connectivity index (χ0) is 27.9. The number of nitrogens with one attached hydrogen (secondary N) is 1. The van der Waals surface area contributed by atoms with Crippen molar-refractivity contribution in [1.29, 1.82) is 0 Å². The topological polar surface area (TPSA) is 85.8 Å². The van der Waals surface area contributed by atoms with Gasteiger partial charge in [0.2, 0.25) is 0 Å². The van der Waals surface area contributed by atoms with Crippen LogP contribution in [0.25, 0.3) is 10.9 Å². The molecule has 3 heterocycles. The number of nitrogens with zero attached hydrogens (tertiary/aromatic N) is 3. The Morgan fingerprint density at radius 1 is 1.20 bits per heavy atom. The lowest BCUT2D eigenvalue weighted by molar-refractivity contribution is -0.116. The van der Waals surface area contributed by atoms with Crippen LogP contribution in [-0.4, -0.2) is 78.9 Å².